The summed E-state index contributed by atoms with van der Waals surface area (Å²) in [6, 6.07) is 0. The van der Waals surface area contributed by atoms with Gasteiger partial charge in [0.1, 0.15) is 0 Å². The molecule has 0 fully saturated rings. The first-order chi connectivity index (χ1) is 5.87. The monoisotopic (exact) mass is 213 g/mol. The van der Waals surface area contributed by atoms with E-state index < -0.39 is 16.5 Å². The summed E-state index contributed by atoms with van der Waals surface area (Å²) in [4.78, 5) is 10.8. The Balaban J connectivity index is 0. The van der Waals surface area contributed by atoms with Crippen molar-refractivity contribution in [2.75, 3.05) is 6.61 Å². The zero-order valence-electron chi connectivity index (χ0n) is 8.53. The van der Waals surface area contributed by atoms with Crippen molar-refractivity contribution in [3.05, 3.63) is 12.7 Å². The van der Waals surface area contributed by atoms with Gasteiger partial charge in [-0.2, -0.15) is 0 Å². The van der Waals surface area contributed by atoms with Crippen molar-refractivity contribution < 1.29 is 36.3 Å². The fourth-order valence-electron chi connectivity index (χ4n) is 0.616. The van der Waals surface area contributed by atoms with Gasteiger partial charge in [0.05, 0.1) is 23.1 Å². The average Bonchev–Trinajstić information content (AvgIpc) is 2.00. The van der Waals surface area contributed by atoms with E-state index >= 15 is 0 Å². The van der Waals surface area contributed by atoms with Crippen LogP contribution in [0.3, 0.4) is 0 Å². The number of hydrogen-bond acceptors (Lipinski definition) is 5. The second-order valence-corrected chi connectivity index (χ2v) is 3.69. The predicted octanol–water partition coefficient (Wildman–Crippen LogP) is -2.69. The molecule has 0 heterocycles. The molecule has 7 heteroatoms. The zero-order chi connectivity index (χ0) is 10.5. The van der Waals surface area contributed by atoms with Crippen molar-refractivity contribution >= 4 is 16.9 Å². The summed E-state index contributed by atoms with van der Waals surface area (Å²) in [6.45, 7) is 6.44. The van der Waals surface area contributed by atoms with Gasteiger partial charge in [0.15, 0.2) is 0 Å². The first-order valence-corrected chi connectivity index (χ1v) is 4.54. The molecule has 0 bridgehead atoms. The molecule has 0 aromatic heterocycles. The Bertz CT molecular complexity index is 267. The molecule has 0 spiro atoms. The second kappa shape index (κ2) is 7.07. The summed E-state index contributed by atoms with van der Waals surface area (Å²) < 4.78 is 24.4. The van der Waals surface area contributed by atoms with E-state index in [1.165, 1.54) is 0 Å². The number of carbonyl (C=O) groups is 1. The molecule has 1 N–H and O–H groups in total. The fourth-order valence-corrected chi connectivity index (χ4v) is 1.01. The van der Waals surface area contributed by atoms with Gasteiger partial charge in [0.25, 0.3) is 0 Å². The van der Waals surface area contributed by atoms with E-state index in [9.17, 15) is 13.2 Å². The maximum Gasteiger partial charge on any atom is 1.00 e. The summed E-state index contributed by atoms with van der Waals surface area (Å²) >= 11 is 0. The Morgan fingerprint density at radius 3 is 2.43 bits per heavy atom. The SMILES string of the molecule is C=CC(=O)NC(C)(C)CO[S-](=O)=O.[Li+]. The van der Waals surface area contributed by atoms with Crippen molar-refractivity contribution in [3.63, 3.8) is 0 Å². The van der Waals surface area contributed by atoms with E-state index in [1.54, 1.807) is 13.8 Å². The van der Waals surface area contributed by atoms with Crippen LogP contribution in [-0.4, -0.2) is 18.1 Å². The van der Waals surface area contributed by atoms with E-state index in [0.717, 1.165) is 6.08 Å². The first kappa shape index (κ1) is 16.2. The van der Waals surface area contributed by atoms with Gasteiger partial charge in [-0.15, -0.1) is 0 Å². The van der Waals surface area contributed by atoms with Crippen LogP contribution in [0.25, 0.3) is 0 Å². The smallest absolute Gasteiger partial charge is 0.422 e. The average molecular weight is 213 g/mol. The van der Waals surface area contributed by atoms with E-state index in [2.05, 4.69) is 16.1 Å². The maximum atomic E-state index is 10.8. The summed E-state index contributed by atoms with van der Waals surface area (Å²) in [5.41, 5.74) is -0.731. The van der Waals surface area contributed by atoms with Crippen LogP contribution < -0.4 is 24.2 Å². The molecule has 76 valence electrons. The van der Waals surface area contributed by atoms with Gasteiger partial charge in [0, 0.05) is 0 Å². The van der Waals surface area contributed by atoms with Gasteiger partial charge < -0.3 is 17.9 Å². The zero-order valence-corrected chi connectivity index (χ0v) is 9.35. The molecule has 0 atom stereocenters. The maximum absolute atomic E-state index is 10.8. The predicted molar refractivity (Wildman–Crippen MR) is 47.1 cm³/mol. The Morgan fingerprint density at radius 1 is 1.57 bits per heavy atom. The number of rotatable bonds is 5. The molecule has 0 aliphatic heterocycles. The summed E-state index contributed by atoms with van der Waals surface area (Å²) in [5, 5.41) is 2.51. The normalized spacial score (nSPS) is 10.5. The molecule has 0 saturated heterocycles. The van der Waals surface area contributed by atoms with Crippen molar-refractivity contribution in [1.29, 1.82) is 0 Å². The van der Waals surface area contributed by atoms with E-state index in [4.69, 9.17) is 0 Å². The molecule has 0 aromatic rings. The third kappa shape index (κ3) is 8.32. The quantitative estimate of drug-likeness (QED) is 0.307. The minimum Gasteiger partial charge on any atom is -0.422 e. The number of hydrogen-bond donors (Lipinski definition) is 1. The number of amides is 1. The van der Waals surface area contributed by atoms with Gasteiger partial charge >= 0.3 is 18.9 Å². The van der Waals surface area contributed by atoms with Crippen LogP contribution in [-0.2, 0) is 28.4 Å². The number of nitrogens with one attached hydrogen (secondary N) is 1. The topological polar surface area (TPSA) is 72.5 Å². The molecule has 5 nitrogen and oxygen atoms in total. The second-order valence-electron chi connectivity index (χ2n) is 3.04. The van der Waals surface area contributed by atoms with Crippen LogP contribution in [0.5, 0.6) is 0 Å². The van der Waals surface area contributed by atoms with Gasteiger partial charge in [-0.3, -0.25) is 4.79 Å². The van der Waals surface area contributed by atoms with Crippen molar-refractivity contribution in [1.82, 2.24) is 5.32 Å². The van der Waals surface area contributed by atoms with E-state index in [1.807, 2.05) is 0 Å². The van der Waals surface area contributed by atoms with Gasteiger partial charge in [-0.25, -0.2) is 0 Å². The Kier molecular flexibility index (Phi) is 8.16. The first-order valence-electron chi connectivity index (χ1n) is 3.54. The fraction of sp³-hybridized carbons (Fsp3) is 0.571. The molecular formula is C7H12LiNO4S. The molecule has 1 amide bonds. The summed E-state index contributed by atoms with van der Waals surface area (Å²) in [7, 11) is -2.56. The number of carbonyl (C=O) groups excluding carboxylic acids is 1. The van der Waals surface area contributed by atoms with Crippen LogP contribution >= 0.6 is 0 Å². The van der Waals surface area contributed by atoms with Crippen LogP contribution in [0.15, 0.2) is 12.7 Å². The standard InChI is InChI=1S/C7H12NO4S.Li/c1-4-6(9)8-7(2,3)5-12-13(10)11;/h4H,1,5H2,2-3H3,(H,8,9);/q-1;+1. The molecule has 0 radical (unpaired) electrons. The van der Waals surface area contributed by atoms with Crippen LogP contribution in [0, 0.1) is 0 Å². The molecule has 0 aliphatic carbocycles. The van der Waals surface area contributed by atoms with Crippen LogP contribution in [0.1, 0.15) is 13.8 Å². The van der Waals surface area contributed by atoms with Crippen LogP contribution in [0.4, 0.5) is 0 Å². The van der Waals surface area contributed by atoms with Crippen LogP contribution in [0.2, 0.25) is 0 Å². The van der Waals surface area contributed by atoms with Crippen molar-refractivity contribution in [2.24, 2.45) is 0 Å². The molecule has 0 saturated carbocycles. The minimum atomic E-state index is -2.56. The summed E-state index contributed by atoms with van der Waals surface area (Å²) in [6.07, 6.45) is 1.11. The Hall–Kier alpha value is -0.283. The summed E-state index contributed by atoms with van der Waals surface area (Å²) in [5.74, 6) is -0.370. The largest absolute Gasteiger partial charge is 1.00 e. The minimum absolute atomic E-state index is 0. The molecule has 0 aromatic carbocycles. The Labute approximate surface area is 97.2 Å². The molecule has 14 heavy (non-hydrogen) atoms. The van der Waals surface area contributed by atoms with E-state index in [-0.39, 0.29) is 31.4 Å². The van der Waals surface area contributed by atoms with Gasteiger partial charge in [-0.1, -0.05) is 6.58 Å². The third-order valence-corrected chi connectivity index (χ3v) is 1.47. The van der Waals surface area contributed by atoms with Crippen molar-refractivity contribution in [3.8, 4) is 0 Å². The molecule has 0 rings (SSSR count). The Morgan fingerprint density at radius 2 is 2.07 bits per heavy atom. The van der Waals surface area contributed by atoms with Gasteiger partial charge in [0.2, 0.25) is 5.91 Å². The van der Waals surface area contributed by atoms with Gasteiger partial charge in [-0.05, 0) is 19.9 Å². The molecule has 0 aliphatic rings. The molecule has 0 unspecified atom stereocenters. The van der Waals surface area contributed by atoms with E-state index in [0.29, 0.717) is 0 Å². The van der Waals surface area contributed by atoms with Crippen molar-refractivity contribution in [2.45, 2.75) is 19.4 Å². The molecular weight excluding hydrogens is 201 g/mol. The third-order valence-electron chi connectivity index (χ3n) is 1.16.